The van der Waals surface area contributed by atoms with Gasteiger partial charge in [0.05, 0.1) is 16.0 Å². The van der Waals surface area contributed by atoms with Crippen LogP contribution in [0.4, 0.5) is 0 Å². The number of esters is 1. The minimum Gasteiger partial charge on any atom is -0.456 e. The summed E-state index contributed by atoms with van der Waals surface area (Å²) in [6.07, 6.45) is -1.12. The highest BCUT2D eigenvalue weighted by atomic mass is 35.5. The maximum absolute atomic E-state index is 13.1. The SMILES string of the molecule is Cc1ccc(S(=O)(=O)N2C[C@H](O)C[C@H]2C(=O)OCC(=O)c2ccccc2Cl)cc1C. The summed E-state index contributed by atoms with van der Waals surface area (Å²) in [4.78, 5) is 24.9. The van der Waals surface area contributed by atoms with E-state index in [1.807, 2.05) is 6.92 Å². The van der Waals surface area contributed by atoms with Crippen LogP contribution >= 0.6 is 11.6 Å². The molecule has 3 rings (SSSR count). The summed E-state index contributed by atoms with van der Waals surface area (Å²) in [5.74, 6) is -1.39. The lowest BCUT2D eigenvalue weighted by molar-refractivity contribution is -0.146. The molecule has 0 radical (unpaired) electrons. The number of aliphatic hydroxyl groups excluding tert-OH is 1. The van der Waals surface area contributed by atoms with Crippen molar-refractivity contribution < 1.29 is 27.9 Å². The molecule has 160 valence electrons. The number of aryl methyl sites for hydroxylation is 2. The van der Waals surface area contributed by atoms with E-state index in [9.17, 15) is 23.1 Å². The monoisotopic (exact) mass is 451 g/mol. The second-order valence-corrected chi connectivity index (χ2v) is 9.53. The molecule has 2 atom stereocenters. The lowest BCUT2D eigenvalue weighted by Crippen LogP contribution is -2.42. The number of hydrogen-bond donors (Lipinski definition) is 1. The lowest BCUT2D eigenvalue weighted by Gasteiger charge is -2.22. The number of β-amino-alcohol motifs (C(OH)–C–C–N with tert-alkyl or cyclic N) is 1. The Labute approximate surface area is 180 Å². The Kier molecular flexibility index (Phi) is 6.62. The summed E-state index contributed by atoms with van der Waals surface area (Å²) in [5, 5.41) is 10.3. The predicted molar refractivity (Wildman–Crippen MR) is 111 cm³/mol. The molecule has 0 amide bonds. The Hall–Kier alpha value is -2.26. The maximum atomic E-state index is 13.1. The first-order valence-electron chi connectivity index (χ1n) is 9.33. The highest BCUT2D eigenvalue weighted by molar-refractivity contribution is 7.89. The number of halogens is 1. The summed E-state index contributed by atoms with van der Waals surface area (Å²) < 4.78 is 32.2. The molecule has 0 unspecified atom stereocenters. The van der Waals surface area contributed by atoms with E-state index in [1.54, 1.807) is 31.2 Å². The Morgan fingerprint density at radius 3 is 2.53 bits per heavy atom. The van der Waals surface area contributed by atoms with Gasteiger partial charge >= 0.3 is 5.97 Å². The van der Waals surface area contributed by atoms with Crippen LogP contribution in [-0.2, 0) is 19.6 Å². The number of aliphatic hydroxyl groups is 1. The first kappa shape index (κ1) is 22.4. The number of Topliss-reactive ketones (excluding diaryl/α,β-unsaturated/α-hetero) is 1. The van der Waals surface area contributed by atoms with Crippen molar-refractivity contribution in [3.05, 3.63) is 64.2 Å². The number of sulfonamides is 1. The largest absolute Gasteiger partial charge is 0.456 e. The van der Waals surface area contributed by atoms with E-state index < -0.39 is 40.5 Å². The van der Waals surface area contributed by atoms with Gasteiger partial charge in [-0.1, -0.05) is 29.8 Å². The van der Waals surface area contributed by atoms with E-state index in [4.69, 9.17) is 16.3 Å². The highest BCUT2D eigenvalue weighted by Gasteiger charge is 2.44. The van der Waals surface area contributed by atoms with E-state index in [2.05, 4.69) is 0 Å². The normalized spacial score (nSPS) is 19.6. The van der Waals surface area contributed by atoms with Crippen LogP contribution in [0, 0.1) is 13.8 Å². The van der Waals surface area contributed by atoms with Crippen molar-refractivity contribution in [2.75, 3.05) is 13.2 Å². The van der Waals surface area contributed by atoms with Gasteiger partial charge in [0, 0.05) is 18.5 Å². The summed E-state index contributed by atoms with van der Waals surface area (Å²) in [6, 6.07) is 9.81. The van der Waals surface area contributed by atoms with Crippen molar-refractivity contribution in [3.8, 4) is 0 Å². The summed E-state index contributed by atoms with van der Waals surface area (Å²) in [5.41, 5.74) is 1.93. The van der Waals surface area contributed by atoms with Crippen LogP contribution in [0.5, 0.6) is 0 Å². The van der Waals surface area contributed by atoms with Gasteiger partial charge in [0.2, 0.25) is 15.8 Å². The van der Waals surface area contributed by atoms with E-state index in [0.29, 0.717) is 0 Å². The average Bonchev–Trinajstić information content (AvgIpc) is 3.11. The standard InChI is InChI=1S/C21H22ClNO6S/c1-13-7-8-16(9-14(13)2)30(27,28)23-11-15(24)10-19(23)21(26)29-12-20(25)17-5-3-4-6-18(17)22/h3-9,15,19,24H,10-12H2,1-2H3/t15-,19+/m1/s1. The molecule has 1 N–H and O–H groups in total. The Balaban J connectivity index is 1.77. The van der Waals surface area contributed by atoms with Crippen molar-refractivity contribution in [3.63, 3.8) is 0 Å². The molecular weight excluding hydrogens is 430 g/mol. The van der Waals surface area contributed by atoms with Crippen LogP contribution in [-0.4, -0.2) is 54.9 Å². The van der Waals surface area contributed by atoms with Crippen molar-refractivity contribution in [1.82, 2.24) is 4.31 Å². The third-order valence-corrected chi connectivity index (χ3v) is 7.31. The van der Waals surface area contributed by atoms with Gasteiger partial charge in [0.25, 0.3) is 0 Å². The van der Waals surface area contributed by atoms with Gasteiger partial charge in [0.15, 0.2) is 6.61 Å². The second kappa shape index (κ2) is 8.85. The zero-order chi connectivity index (χ0) is 22.1. The molecule has 1 aliphatic heterocycles. The molecule has 1 saturated heterocycles. The van der Waals surface area contributed by atoms with Gasteiger partial charge in [-0.05, 0) is 49.2 Å². The number of carbonyl (C=O) groups is 2. The quantitative estimate of drug-likeness (QED) is 0.535. The lowest BCUT2D eigenvalue weighted by atomic mass is 10.1. The minimum atomic E-state index is -4.04. The number of ketones is 1. The topological polar surface area (TPSA) is 101 Å². The first-order valence-corrected chi connectivity index (χ1v) is 11.1. The molecule has 1 heterocycles. The number of benzene rings is 2. The number of ether oxygens (including phenoxy) is 1. The van der Waals surface area contributed by atoms with E-state index >= 15 is 0 Å². The average molecular weight is 452 g/mol. The van der Waals surface area contributed by atoms with Crippen molar-refractivity contribution in [1.29, 1.82) is 0 Å². The second-order valence-electron chi connectivity index (χ2n) is 7.24. The molecule has 0 saturated carbocycles. The van der Waals surface area contributed by atoms with Gasteiger partial charge in [-0.25, -0.2) is 8.42 Å². The fourth-order valence-corrected chi connectivity index (χ4v) is 5.23. The fraction of sp³-hybridized carbons (Fsp3) is 0.333. The molecule has 0 bridgehead atoms. The maximum Gasteiger partial charge on any atom is 0.325 e. The number of nitrogens with zero attached hydrogens (tertiary/aromatic N) is 1. The predicted octanol–water partition coefficient (Wildman–Crippen LogP) is 2.51. The van der Waals surface area contributed by atoms with Crippen molar-refractivity contribution in [2.24, 2.45) is 0 Å². The molecule has 1 fully saturated rings. The smallest absolute Gasteiger partial charge is 0.325 e. The van der Waals surface area contributed by atoms with E-state index in [1.165, 1.54) is 18.2 Å². The zero-order valence-corrected chi connectivity index (χ0v) is 18.1. The van der Waals surface area contributed by atoms with Gasteiger partial charge in [0.1, 0.15) is 6.04 Å². The highest BCUT2D eigenvalue weighted by Crippen LogP contribution is 2.28. The van der Waals surface area contributed by atoms with Crippen LogP contribution in [0.25, 0.3) is 0 Å². The molecule has 9 heteroatoms. The van der Waals surface area contributed by atoms with E-state index in [-0.39, 0.29) is 28.4 Å². The Bertz CT molecular complexity index is 1080. The summed E-state index contributed by atoms with van der Waals surface area (Å²) in [7, 11) is -4.04. The summed E-state index contributed by atoms with van der Waals surface area (Å²) in [6.45, 7) is 2.85. The van der Waals surface area contributed by atoms with Crippen LogP contribution in [0.3, 0.4) is 0 Å². The fourth-order valence-electron chi connectivity index (χ4n) is 3.27. The molecular formula is C21H22ClNO6S. The molecule has 0 spiro atoms. The van der Waals surface area contributed by atoms with Gasteiger partial charge < -0.3 is 9.84 Å². The molecule has 0 aliphatic carbocycles. The number of hydrogen-bond acceptors (Lipinski definition) is 6. The number of carbonyl (C=O) groups excluding carboxylic acids is 2. The van der Waals surface area contributed by atoms with Crippen LogP contribution in [0.15, 0.2) is 47.4 Å². The van der Waals surface area contributed by atoms with Crippen LogP contribution in [0.1, 0.15) is 27.9 Å². The molecule has 2 aromatic carbocycles. The van der Waals surface area contributed by atoms with Gasteiger partial charge in [-0.3, -0.25) is 9.59 Å². The molecule has 30 heavy (non-hydrogen) atoms. The minimum absolute atomic E-state index is 0.0321. The summed E-state index contributed by atoms with van der Waals surface area (Å²) >= 11 is 5.97. The van der Waals surface area contributed by atoms with E-state index in [0.717, 1.165) is 15.4 Å². The third-order valence-electron chi connectivity index (χ3n) is 5.11. The van der Waals surface area contributed by atoms with Gasteiger partial charge in [-0.2, -0.15) is 4.31 Å². The number of rotatable bonds is 6. The first-order chi connectivity index (χ1) is 14.1. The van der Waals surface area contributed by atoms with Crippen molar-refractivity contribution >= 4 is 33.4 Å². The molecule has 7 nitrogen and oxygen atoms in total. The zero-order valence-electron chi connectivity index (χ0n) is 16.5. The van der Waals surface area contributed by atoms with Crippen LogP contribution < -0.4 is 0 Å². The molecule has 1 aliphatic rings. The molecule has 0 aromatic heterocycles. The van der Waals surface area contributed by atoms with Crippen molar-refractivity contribution in [2.45, 2.75) is 37.3 Å². The third kappa shape index (κ3) is 4.57. The Morgan fingerprint density at radius 2 is 1.87 bits per heavy atom. The molecule has 2 aromatic rings. The Morgan fingerprint density at radius 1 is 1.17 bits per heavy atom. The van der Waals surface area contributed by atoms with Crippen LogP contribution in [0.2, 0.25) is 5.02 Å². The van der Waals surface area contributed by atoms with Gasteiger partial charge in [-0.15, -0.1) is 0 Å².